The number of halogens is 3. The van der Waals surface area contributed by atoms with Crippen molar-refractivity contribution < 1.29 is 37.1 Å². The molecule has 1 aromatic carbocycles. The zero-order chi connectivity index (χ0) is 25.7. The number of para-hydroxylation sites is 1. The van der Waals surface area contributed by atoms with Crippen molar-refractivity contribution in [3.8, 4) is 0 Å². The Morgan fingerprint density at radius 2 is 1.79 bits per heavy atom. The van der Waals surface area contributed by atoms with Crippen LogP contribution in [0.4, 0.5) is 28.8 Å². The smallest absolute Gasteiger partial charge is 0.418 e. The SMILES string of the molecule is CC(NC(=O)OC(C)(C)C)C(=O)Nc1c(C(=O)CC(=O)Nc2nccs2)cccc1C(F)(F)F. The molecule has 184 valence electrons. The Labute approximate surface area is 197 Å². The fourth-order valence-corrected chi connectivity index (χ4v) is 3.17. The second-order valence-corrected chi connectivity index (χ2v) is 8.96. The van der Waals surface area contributed by atoms with E-state index >= 15 is 0 Å². The average molecular weight is 500 g/mol. The molecule has 2 aromatic rings. The molecule has 2 rings (SSSR count). The molecule has 0 bridgehead atoms. The quantitative estimate of drug-likeness (QED) is 0.386. The number of anilines is 2. The second kappa shape index (κ2) is 10.6. The number of alkyl carbamates (subject to hydrolysis) is 1. The lowest BCUT2D eigenvalue weighted by Gasteiger charge is -2.22. The predicted octanol–water partition coefficient (Wildman–Crippen LogP) is 4.23. The van der Waals surface area contributed by atoms with Crippen LogP contribution in [0.5, 0.6) is 0 Å². The van der Waals surface area contributed by atoms with Gasteiger partial charge >= 0.3 is 12.3 Å². The fourth-order valence-electron chi connectivity index (χ4n) is 2.63. The first kappa shape index (κ1) is 26.8. The van der Waals surface area contributed by atoms with E-state index in [9.17, 15) is 32.3 Å². The summed E-state index contributed by atoms with van der Waals surface area (Å²) in [5.74, 6) is -2.76. The number of carbonyl (C=O) groups is 4. The molecule has 0 spiro atoms. The molecular weight excluding hydrogens is 477 g/mol. The summed E-state index contributed by atoms with van der Waals surface area (Å²) in [5.41, 5.74) is -3.47. The summed E-state index contributed by atoms with van der Waals surface area (Å²) < 4.78 is 45.9. The zero-order valence-corrected chi connectivity index (χ0v) is 19.5. The first-order valence-electron chi connectivity index (χ1n) is 9.90. The molecule has 0 aliphatic heterocycles. The Morgan fingerprint density at radius 3 is 2.35 bits per heavy atom. The third-order valence-electron chi connectivity index (χ3n) is 4.04. The van der Waals surface area contributed by atoms with Crippen molar-refractivity contribution in [1.82, 2.24) is 10.3 Å². The topological polar surface area (TPSA) is 126 Å². The number of benzene rings is 1. The Hall–Kier alpha value is -3.48. The van der Waals surface area contributed by atoms with Gasteiger partial charge in [-0.25, -0.2) is 9.78 Å². The highest BCUT2D eigenvalue weighted by atomic mass is 32.1. The van der Waals surface area contributed by atoms with Crippen molar-refractivity contribution in [2.75, 3.05) is 10.6 Å². The molecule has 34 heavy (non-hydrogen) atoms. The number of nitrogens with zero attached hydrogens (tertiary/aromatic N) is 1. The third kappa shape index (κ3) is 7.83. The van der Waals surface area contributed by atoms with Crippen LogP contribution in [0, 0.1) is 0 Å². The van der Waals surface area contributed by atoms with Gasteiger partial charge in [-0.3, -0.25) is 14.4 Å². The van der Waals surface area contributed by atoms with Gasteiger partial charge in [0.1, 0.15) is 11.6 Å². The first-order valence-corrected chi connectivity index (χ1v) is 10.8. The maximum atomic E-state index is 13.6. The largest absolute Gasteiger partial charge is 0.444 e. The molecule has 0 aliphatic carbocycles. The summed E-state index contributed by atoms with van der Waals surface area (Å²) in [5, 5.41) is 8.44. The summed E-state index contributed by atoms with van der Waals surface area (Å²) in [6, 6.07) is 1.45. The molecule has 3 amide bonds. The molecule has 0 saturated heterocycles. The van der Waals surface area contributed by atoms with Crippen molar-refractivity contribution in [2.45, 2.75) is 51.9 Å². The Kier molecular flexibility index (Phi) is 8.37. The van der Waals surface area contributed by atoms with E-state index in [4.69, 9.17) is 4.74 Å². The van der Waals surface area contributed by atoms with Gasteiger partial charge in [-0.05, 0) is 39.8 Å². The molecule has 0 aliphatic rings. The molecule has 0 fully saturated rings. The van der Waals surface area contributed by atoms with E-state index in [1.54, 1.807) is 26.2 Å². The van der Waals surface area contributed by atoms with Gasteiger partial charge in [-0.2, -0.15) is 13.2 Å². The molecule has 3 N–H and O–H groups in total. The number of amides is 3. The maximum Gasteiger partial charge on any atom is 0.418 e. The van der Waals surface area contributed by atoms with Crippen LogP contribution in [0.1, 0.15) is 50.0 Å². The second-order valence-electron chi connectivity index (χ2n) is 8.07. The number of carbonyl (C=O) groups excluding carboxylic acids is 4. The molecule has 13 heteroatoms. The minimum Gasteiger partial charge on any atom is -0.444 e. The number of Topliss-reactive ketones (excluding diaryl/α,β-unsaturated/α-hetero) is 1. The van der Waals surface area contributed by atoms with Crippen LogP contribution in [0.2, 0.25) is 0 Å². The number of nitrogens with one attached hydrogen (secondary N) is 3. The number of alkyl halides is 3. The molecule has 1 aromatic heterocycles. The number of rotatable bonds is 7. The number of aromatic nitrogens is 1. The number of hydrogen-bond acceptors (Lipinski definition) is 7. The average Bonchev–Trinajstić information content (AvgIpc) is 3.18. The summed E-state index contributed by atoms with van der Waals surface area (Å²) in [4.78, 5) is 53.1. The van der Waals surface area contributed by atoms with Crippen LogP contribution in [0.15, 0.2) is 29.8 Å². The van der Waals surface area contributed by atoms with Gasteiger partial charge in [0.05, 0.1) is 17.7 Å². The van der Waals surface area contributed by atoms with Gasteiger partial charge < -0.3 is 20.7 Å². The number of thiazole rings is 1. The lowest BCUT2D eigenvalue weighted by atomic mass is 10.0. The fraction of sp³-hybridized carbons (Fsp3) is 0.381. The van der Waals surface area contributed by atoms with Gasteiger partial charge in [0, 0.05) is 17.1 Å². The van der Waals surface area contributed by atoms with Crippen molar-refractivity contribution in [3.63, 3.8) is 0 Å². The van der Waals surface area contributed by atoms with E-state index in [2.05, 4.69) is 20.9 Å². The van der Waals surface area contributed by atoms with Gasteiger partial charge in [-0.1, -0.05) is 6.07 Å². The predicted molar refractivity (Wildman–Crippen MR) is 119 cm³/mol. The Bertz CT molecular complexity index is 1070. The summed E-state index contributed by atoms with van der Waals surface area (Å²) in [6.45, 7) is 6.02. The highest BCUT2D eigenvalue weighted by molar-refractivity contribution is 7.13. The van der Waals surface area contributed by atoms with Crippen LogP contribution in [0.25, 0.3) is 0 Å². The van der Waals surface area contributed by atoms with E-state index < -0.39 is 64.7 Å². The Morgan fingerprint density at radius 1 is 1.12 bits per heavy atom. The number of hydrogen-bond donors (Lipinski definition) is 3. The highest BCUT2D eigenvalue weighted by Gasteiger charge is 2.36. The first-order chi connectivity index (χ1) is 15.7. The minimum absolute atomic E-state index is 0.220. The van der Waals surface area contributed by atoms with Crippen LogP contribution in [-0.4, -0.2) is 40.3 Å². The molecule has 1 unspecified atom stereocenters. The van der Waals surface area contributed by atoms with E-state index in [1.807, 2.05) is 0 Å². The Balaban J connectivity index is 2.25. The lowest BCUT2D eigenvalue weighted by molar-refractivity contribution is -0.137. The standard InChI is InChI=1S/C21H23F3N4O5S/c1-11(26-19(32)33-20(2,3)4)17(31)28-16-12(6-5-7-13(16)21(22,23)24)14(29)10-15(30)27-18-25-8-9-34-18/h5-9,11H,10H2,1-4H3,(H,26,32)(H,28,31)(H,25,27,30). The normalized spacial score (nSPS) is 12.4. The van der Waals surface area contributed by atoms with E-state index in [0.717, 1.165) is 23.5 Å². The molecule has 0 saturated carbocycles. The van der Waals surface area contributed by atoms with E-state index in [0.29, 0.717) is 6.07 Å². The third-order valence-corrected chi connectivity index (χ3v) is 4.73. The van der Waals surface area contributed by atoms with Crippen LogP contribution in [0.3, 0.4) is 0 Å². The van der Waals surface area contributed by atoms with Crippen molar-refractivity contribution >= 4 is 45.8 Å². The lowest BCUT2D eigenvalue weighted by Crippen LogP contribution is -2.44. The monoisotopic (exact) mass is 500 g/mol. The molecule has 0 radical (unpaired) electrons. The molecule has 1 heterocycles. The van der Waals surface area contributed by atoms with Gasteiger partial charge in [0.2, 0.25) is 11.8 Å². The molecular formula is C21H23F3N4O5S. The summed E-state index contributed by atoms with van der Waals surface area (Å²) in [7, 11) is 0. The van der Waals surface area contributed by atoms with Crippen LogP contribution in [-0.2, 0) is 20.5 Å². The molecule has 9 nitrogen and oxygen atoms in total. The summed E-state index contributed by atoms with van der Waals surface area (Å²) >= 11 is 1.10. The molecule has 1 atom stereocenters. The van der Waals surface area contributed by atoms with Gasteiger partial charge in [0.25, 0.3) is 0 Å². The van der Waals surface area contributed by atoms with E-state index in [1.165, 1.54) is 13.1 Å². The number of ketones is 1. The zero-order valence-electron chi connectivity index (χ0n) is 18.7. The van der Waals surface area contributed by atoms with Crippen LogP contribution < -0.4 is 16.0 Å². The van der Waals surface area contributed by atoms with Gasteiger partial charge in [-0.15, -0.1) is 11.3 Å². The summed E-state index contributed by atoms with van der Waals surface area (Å²) in [6.07, 6.45) is -5.22. The maximum absolute atomic E-state index is 13.6. The number of ether oxygens (including phenoxy) is 1. The van der Waals surface area contributed by atoms with Gasteiger partial charge in [0.15, 0.2) is 10.9 Å². The van der Waals surface area contributed by atoms with E-state index in [-0.39, 0.29) is 5.13 Å². The van der Waals surface area contributed by atoms with Crippen molar-refractivity contribution in [3.05, 3.63) is 40.9 Å². The van der Waals surface area contributed by atoms with Crippen molar-refractivity contribution in [2.24, 2.45) is 0 Å². The van der Waals surface area contributed by atoms with Crippen LogP contribution >= 0.6 is 11.3 Å². The van der Waals surface area contributed by atoms with Crippen molar-refractivity contribution in [1.29, 1.82) is 0 Å². The highest BCUT2D eigenvalue weighted by Crippen LogP contribution is 2.37. The minimum atomic E-state index is -4.91.